The molecule has 2 N–H and O–H groups in total. The van der Waals surface area contributed by atoms with Crippen molar-refractivity contribution in [3.8, 4) is 0 Å². The number of aliphatic hydroxyl groups is 1. The molecule has 0 aromatic heterocycles. The van der Waals surface area contributed by atoms with Gasteiger partial charge in [0, 0.05) is 31.2 Å². The maximum absolute atomic E-state index is 9.32. The molecule has 1 aromatic rings. The van der Waals surface area contributed by atoms with E-state index in [4.69, 9.17) is 0 Å². The Labute approximate surface area is 129 Å². The normalized spacial score (nSPS) is 22.9. The number of nitrogens with one attached hydrogen (secondary N) is 1. The molecule has 1 aromatic carbocycles. The number of hydrogen-bond acceptors (Lipinski definition) is 3. The maximum Gasteiger partial charge on any atom is 0.0445 e. The minimum absolute atomic E-state index is 0.112. The van der Waals surface area contributed by atoms with Crippen molar-refractivity contribution in [2.24, 2.45) is 0 Å². The molecule has 0 spiro atoms. The van der Waals surface area contributed by atoms with Crippen LogP contribution in [0.2, 0.25) is 0 Å². The fraction of sp³-hybridized carbons (Fsp3) is 0.667. The van der Waals surface area contributed by atoms with Crippen LogP contribution in [0, 0.1) is 0 Å². The molecule has 1 fully saturated rings. The predicted molar refractivity (Wildman–Crippen MR) is 88.6 cm³/mol. The van der Waals surface area contributed by atoms with Crippen molar-refractivity contribution < 1.29 is 5.11 Å². The van der Waals surface area contributed by atoms with Gasteiger partial charge in [-0.2, -0.15) is 0 Å². The van der Waals surface area contributed by atoms with Crippen LogP contribution in [0.3, 0.4) is 0 Å². The van der Waals surface area contributed by atoms with E-state index in [1.807, 2.05) is 7.05 Å². The van der Waals surface area contributed by atoms with Gasteiger partial charge in [-0.25, -0.2) is 0 Å². The molecule has 0 aliphatic carbocycles. The van der Waals surface area contributed by atoms with Gasteiger partial charge in [-0.1, -0.05) is 43.7 Å². The van der Waals surface area contributed by atoms with Crippen molar-refractivity contribution in [1.29, 1.82) is 0 Å². The lowest BCUT2D eigenvalue weighted by Crippen LogP contribution is -2.50. The van der Waals surface area contributed by atoms with Gasteiger partial charge >= 0.3 is 0 Å². The van der Waals surface area contributed by atoms with Crippen LogP contribution < -0.4 is 5.32 Å². The first-order valence-electron chi connectivity index (χ1n) is 8.24. The average molecular weight is 290 g/mol. The Morgan fingerprint density at radius 1 is 1.29 bits per heavy atom. The number of benzene rings is 1. The topological polar surface area (TPSA) is 35.5 Å². The van der Waals surface area contributed by atoms with Crippen molar-refractivity contribution in [3.05, 3.63) is 35.9 Å². The zero-order valence-corrected chi connectivity index (χ0v) is 13.5. The van der Waals surface area contributed by atoms with E-state index < -0.39 is 0 Å². The van der Waals surface area contributed by atoms with Gasteiger partial charge in [0.15, 0.2) is 0 Å². The van der Waals surface area contributed by atoms with Crippen molar-refractivity contribution >= 4 is 0 Å². The van der Waals surface area contributed by atoms with Gasteiger partial charge < -0.3 is 10.4 Å². The largest absolute Gasteiger partial charge is 0.396 e. The monoisotopic (exact) mass is 290 g/mol. The lowest BCUT2D eigenvalue weighted by molar-refractivity contribution is 0.0950. The summed E-state index contributed by atoms with van der Waals surface area (Å²) >= 11 is 0. The van der Waals surface area contributed by atoms with Crippen LogP contribution in [-0.4, -0.2) is 49.3 Å². The number of likely N-dealkylation sites (tertiary alicyclic amines) is 1. The molecule has 0 bridgehead atoms. The molecule has 2 unspecified atom stereocenters. The molecule has 1 aliphatic rings. The summed E-state index contributed by atoms with van der Waals surface area (Å²) in [7, 11) is 2.03. The number of aliphatic hydroxyl groups excluding tert-OH is 1. The van der Waals surface area contributed by atoms with Crippen LogP contribution in [-0.2, 0) is 5.41 Å². The van der Waals surface area contributed by atoms with Crippen LogP contribution in [0.25, 0.3) is 0 Å². The first kappa shape index (κ1) is 16.5. The summed E-state index contributed by atoms with van der Waals surface area (Å²) < 4.78 is 0. The summed E-state index contributed by atoms with van der Waals surface area (Å²) in [5.41, 5.74) is 1.51. The maximum atomic E-state index is 9.32. The molecule has 21 heavy (non-hydrogen) atoms. The molecule has 0 radical (unpaired) electrons. The smallest absolute Gasteiger partial charge is 0.0445 e. The van der Waals surface area contributed by atoms with Gasteiger partial charge in [0.25, 0.3) is 0 Å². The molecule has 3 nitrogen and oxygen atoms in total. The quantitative estimate of drug-likeness (QED) is 0.809. The van der Waals surface area contributed by atoms with E-state index >= 15 is 0 Å². The van der Waals surface area contributed by atoms with E-state index in [1.165, 1.54) is 24.8 Å². The highest BCUT2D eigenvalue weighted by molar-refractivity contribution is 5.25. The predicted octanol–water partition coefficient (Wildman–Crippen LogP) is 2.40. The lowest BCUT2D eigenvalue weighted by Gasteiger charge is -2.42. The van der Waals surface area contributed by atoms with E-state index in [0.29, 0.717) is 12.6 Å². The average Bonchev–Trinajstić information content (AvgIpc) is 2.51. The summed E-state index contributed by atoms with van der Waals surface area (Å²) in [6.45, 7) is 5.84. The summed E-state index contributed by atoms with van der Waals surface area (Å²) in [6, 6.07) is 11.4. The van der Waals surface area contributed by atoms with Crippen molar-refractivity contribution in [2.75, 3.05) is 33.3 Å². The van der Waals surface area contributed by atoms with E-state index in [0.717, 1.165) is 26.1 Å². The standard InChI is InChI=1S/C18H30N2O/c1-18(14-19-2,16-8-4-3-5-9-16)15-20-12-7-6-10-17(20)11-13-21/h3-5,8-9,17,19,21H,6-7,10-15H2,1-2H3. The molecular formula is C18H30N2O. The highest BCUT2D eigenvalue weighted by Crippen LogP contribution is 2.28. The number of rotatable bonds is 7. The number of nitrogens with zero attached hydrogens (tertiary/aromatic N) is 1. The molecule has 1 aliphatic heterocycles. The van der Waals surface area contributed by atoms with Crippen LogP contribution in [0.4, 0.5) is 0 Å². The Morgan fingerprint density at radius 3 is 2.71 bits per heavy atom. The number of piperidine rings is 1. The molecule has 3 heteroatoms. The molecule has 1 heterocycles. The van der Waals surface area contributed by atoms with Gasteiger partial charge in [-0.3, -0.25) is 4.90 Å². The second-order valence-corrected chi connectivity index (χ2v) is 6.59. The van der Waals surface area contributed by atoms with Gasteiger partial charge in [-0.05, 0) is 38.4 Å². The third kappa shape index (κ3) is 4.29. The highest BCUT2D eigenvalue weighted by atomic mass is 16.3. The zero-order valence-electron chi connectivity index (χ0n) is 13.5. The van der Waals surface area contributed by atoms with Crippen molar-refractivity contribution in [3.63, 3.8) is 0 Å². The second kappa shape index (κ2) is 7.92. The fourth-order valence-electron chi connectivity index (χ4n) is 3.67. The van der Waals surface area contributed by atoms with Gasteiger partial charge in [0.2, 0.25) is 0 Å². The van der Waals surface area contributed by atoms with E-state index in [1.54, 1.807) is 0 Å². The van der Waals surface area contributed by atoms with E-state index in [9.17, 15) is 5.11 Å². The van der Waals surface area contributed by atoms with Crippen LogP contribution >= 0.6 is 0 Å². The molecular weight excluding hydrogens is 260 g/mol. The molecule has 2 atom stereocenters. The Bertz CT molecular complexity index is 407. The zero-order chi connectivity index (χ0) is 15.1. The van der Waals surface area contributed by atoms with Crippen molar-refractivity contribution in [1.82, 2.24) is 10.2 Å². The molecule has 0 amide bonds. The Kier molecular flexibility index (Phi) is 6.22. The molecule has 0 saturated carbocycles. The van der Waals surface area contributed by atoms with Crippen LogP contribution in [0.1, 0.15) is 38.2 Å². The van der Waals surface area contributed by atoms with Gasteiger partial charge in [0.05, 0.1) is 0 Å². The first-order valence-corrected chi connectivity index (χ1v) is 8.24. The second-order valence-electron chi connectivity index (χ2n) is 6.59. The fourth-order valence-corrected chi connectivity index (χ4v) is 3.67. The van der Waals surface area contributed by atoms with E-state index in [-0.39, 0.29) is 5.41 Å². The summed E-state index contributed by atoms with van der Waals surface area (Å²) in [4.78, 5) is 2.60. The minimum Gasteiger partial charge on any atom is -0.396 e. The van der Waals surface area contributed by atoms with Crippen LogP contribution in [0.5, 0.6) is 0 Å². The third-order valence-electron chi connectivity index (χ3n) is 4.80. The third-order valence-corrected chi connectivity index (χ3v) is 4.80. The minimum atomic E-state index is 0.112. The Balaban J connectivity index is 2.14. The SMILES string of the molecule is CNCC(C)(CN1CCCCC1CCO)c1ccccc1. The summed E-state index contributed by atoms with van der Waals surface area (Å²) in [5.74, 6) is 0. The van der Waals surface area contributed by atoms with E-state index in [2.05, 4.69) is 47.5 Å². The van der Waals surface area contributed by atoms with Crippen molar-refractivity contribution in [2.45, 2.75) is 44.1 Å². The summed E-state index contributed by atoms with van der Waals surface area (Å²) in [5, 5.41) is 12.7. The summed E-state index contributed by atoms with van der Waals surface area (Å²) in [6.07, 6.45) is 4.72. The Morgan fingerprint density at radius 2 is 2.05 bits per heavy atom. The number of likely N-dealkylation sites (N-methyl/N-ethyl adjacent to an activating group) is 1. The lowest BCUT2D eigenvalue weighted by atomic mass is 9.80. The number of hydrogen-bond donors (Lipinski definition) is 2. The molecule has 2 rings (SSSR count). The van der Waals surface area contributed by atoms with Gasteiger partial charge in [0.1, 0.15) is 0 Å². The molecule has 1 saturated heterocycles. The molecule has 118 valence electrons. The first-order chi connectivity index (χ1) is 10.2. The van der Waals surface area contributed by atoms with Crippen LogP contribution in [0.15, 0.2) is 30.3 Å². The van der Waals surface area contributed by atoms with Gasteiger partial charge in [-0.15, -0.1) is 0 Å². The highest BCUT2D eigenvalue weighted by Gasteiger charge is 2.32. The Hall–Kier alpha value is -0.900.